The number of alkyl halides is 4. The summed E-state index contributed by atoms with van der Waals surface area (Å²) in [6, 6.07) is -0.893. The summed E-state index contributed by atoms with van der Waals surface area (Å²) in [5.41, 5.74) is 5.97. The maximum absolute atomic E-state index is 14.0. The van der Waals surface area contributed by atoms with Gasteiger partial charge in [-0.15, -0.1) is 0 Å². The van der Waals surface area contributed by atoms with Gasteiger partial charge in [0.15, 0.2) is 24.0 Å². The van der Waals surface area contributed by atoms with Crippen LogP contribution < -0.4 is 5.73 Å². The van der Waals surface area contributed by atoms with Crippen molar-refractivity contribution in [3.05, 3.63) is 47.1 Å². The molecule has 1 aromatic heterocycles. The molecular formula is C22H22F6N4O3. The van der Waals surface area contributed by atoms with Gasteiger partial charge in [0.05, 0.1) is 12.2 Å². The quantitative estimate of drug-likeness (QED) is 0.474. The number of amides is 1. The minimum atomic E-state index is -4.75. The topological polar surface area (TPSA) is 90.5 Å². The fourth-order valence-electron chi connectivity index (χ4n) is 4.40. The summed E-state index contributed by atoms with van der Waals surface area (Å²) in [7, 11) is 0. The van der Waals surface area contributed by atoms with Gasteiger partial charge in [0.25, 0.3) is 0 Å². The highest BCUT2D eigenvalue weighted by Crippen LogP contribution is 2.37. The summed E-state index contributed by atoms with van der Waals surface area (Å²) >= 11 is 0. The minimum Gasteiger partial charge on any atom is -0.481 e. The summed E-state index contributed by atoms with van der Waals surface area (Å²) in [5, 5.41) is 0. The lowest BCUT2D eigenvalue weighted by atomic mass is 9.90. The van der Waals surface area contributed by atoms with Crippen LogP contribution in [0.25, 0.3) is 5.76 Å². The van der Waals surface area contributed by atoms with Crippen molar-refractivity contribution in [3.8, 4) is 0 Å². The zero-order valence-electron chi connectivity index (χ0n) is 18.3. The van der Waals surface area contributed by atoms with Crippen LogP contribution in [0.5, 0.6) is 0 Å². The summed E-state index contributed by atoms with van der Waals surface area (Å²) < 4.78 is 87.7. The zero-order chi connectivity index (χ0) is 25.5. The Bertz CT molecular complexity index is 1110. The molecule has 7 nitrogen and oxygen atoms in total. The van der Waals surface area contributed by atoms with Gasteiger partial charge in [0.2, 0.25) is 11.7 Å². The Morgan fingerprint density at radius 2 is 1.97 bits per heavy atom. The fourth-order valence-corrected chi connectivity index (χ4v) is 4.40. The Hall–Kier alpha value is -3.09. The number of fused-ring (bicyclic) bond motifs is 1. The van der Waals surface area contributed by atoms with Crippen LogP contribution in [0.4, 0.5) is 26.3 Å². The second-order valence-electron chi connectivity index (χ2n) is 8.63. The molecule has 13 heteroatoms. The highest BCUT2D eigenvalue weighted by Gasteiger charge is 2.42. The molecule has 0 saturated heterocycles. The Kier molecular flexibility index (Phi) is 6.80. The second-order valence-corrected chi connectivity index (χ2v) is 8.63. The molecule has 0 fully saturated rings. The molecule has 4 atom stereocenters. The van der Waals surface area contributed by atoms with E-state index >= 15 is 0 Å². The molecule has 3 aliphatic rings. The molecule has 3 heterocycles. The molecular weight excluding hydrogens is 482 g/mol. The van der Waals surface area contributed by atoms with Gasteiger partial charge >= 0.3 is 6.18 Å². The molecule has 35 heavy (non-hydrogen) atoms. The van der Waals surface area contributed by atoms with E-state index in [0.717, 1.165) is 10.6 Å². The van der Waals surface area contributed by atoms with Crippen molar-refractivity contribution < 1.29 is 40.7 Å². The van der Waals surface area contributed by atoms with Crippen LogP contribution in [0, 0.1) is 5.92 Å². The molecule has 1 aromatic rings. The second kappa shape index (κ2) is 9.51. The molecule has 4 rings (SSSR count). The number of halogens is 6. The third-order valence-electron chi connectivity index (χ3n) is 6.13. The van der Waals surface area contributed by atoms with E-state index in [4.69, 9.17) is 10.5 Å². The largest absolute Gasteiger partial charge is 0.481 e. The number of nitrogens with zero attached hydrogens (tertiary/aromatic N) is 3. The Labute approximate surface area is 195 Å². The highest BCUT2D eigenvalue weighted by atomic mass is 19.4. The number of imidazole rings is 1. The van der Waals surface area contributed by atoms with Crippen molar-refractivity contribution in [2.45, 2.75) is 56.8 Å². The molecule has 2 N–H and O–H groups in total. The molecule has 0 saturated carbocycles. The lowest BCUT2D eigenvalue weighted by Gasteiger charge is -2.31. The standard InChI is InChI=1S/C22H22F6N4O3/c23-14-8-16(25)15(24)6-11(14)5-12(29)7-19(34)31-3-4-32-17(9-31)20(30-21(32)22(26,27)28)18-2-1-13(10-33)35-18/h2,6,8,10-14H,1,3-5,7,9,29H2. The predicted molar refractivity (Wildman–Crippen MR) is 110 cm³/mol. The summed E-state index contributed by atoms with van der Waals surface area (Å²) in [4.78, 5) is 28.8. The van der Waals surface area contributed by atoms with Gasteiger partial charge in [0, 0.05) is 37.9 Å². The number of nitrogens with two attached hydrogens (primary N) is 1. The van der Waals surface area contributed by atoms with Crippen molar-refractivity contribution in [2.75, 3.05) is 6.54 Å². The van der Waals surface area contributed by atoms with Gasteiger partial charge < -0.3 is 19.9 Å². The SMILES string of the molecule is NC(CC(=O)N1CCn2c(C(F)(F)F)nc(C3=CCC(C=O)O3)c2C1)CC1C=C(F)C(F)=CC1F. The number of aromatic nitrogens is 2. The van der Waals surface area contributed by atoms with Gasteiger partial charge in [-0.05, 0) is 24.6 Å². The Morgan fingerprint density at radius 1 is 1.26 bits per heavy atom. The molecule has 1 aliphatic carbocycles. The van der Waals surface area contributed by atoms with Crippen molar-refractivity contribution in [1.29, 1.82) is 0 Å². The van der Waals surface area contributed by atoms with E-state index in [1.165, 1.54) is 11.0 Å². The Balaban J connectivity index is 1.48. The van der Waals surface area contributed by atoms with Crippen LogP contribution in [-0.4, -0.2) is 51.5 Å². The van der Waals surface area contributed by atoms with Crippen molar-refractivity contribution >= 4 is 18.0 Å². The lowest BCUT2D eigenvalue weighted by molar-refractivity contribution is -0.148. The van der Waals surface area contributed by atoms with Crippen LogP contribution in [0.3, 0.4) is 0 Å². The van der Waals surface area contributed by atoms with Crippen LogP contribution in [0.15, 0.2) is 29.9 Å². The number of hydrogen-bond acceptors (Lipinski definition) is 5. The first-order chi connectivity index (χ1) is 16.5. The third kappa shape index (κ3) is 5.14. The van der Waals surface area contributed by atoms with Gasteiger partial charge in [-0.2, -0.15) is 13.2 Å². The van der Waals surface area contributed by atoms with Crippen LogP contribution in [0.2, 0.25) is 0 Å². The van der Waals surface area contributed by atoms with E-state index < -0.39 is 53.8 Å². The number of carbonyl (C=O) groups excluding carboxylic acids is 2. The maximum Gasteiger partial charge on any atom is 0.449 e. The number of hydrogen-bond donors (Lipinski definition) is 1. The highest BCUT2D eigenvalue weighted by molar-refractivity contribution is 5.77. The average Bonchev–Trinajstić information content (AvgIpc) is 3.41. The zero-order valence-corrected chi connectivity index (χ0v) is 18.3. The number of rotatable bonds is 6. The molecule has 1 amide bonds. The van der Waals surface area contributed by atoms with Crippen LogP contribution in [-0.2, 0) is 33.6 Å². The van der Waals surface area contributed by atoms with Crippen LogP contribution in [0.1, 0.15) is 36.5 Å². The smallest absolute Gasteiger partial charge is 0.449 e. The van der Waals surface area contributed by atoms with E-state index in [-0.39, 0.29) is 56.0 Å². The maximum atomic E-state index is 14.0. The molecule has 0 aromatic carbocycles. The van der Waals surface area contributed by atoms with E-state index in [1.54, 1.807) is 0 Å². The molecule has 0 bridgehead atoms. The summed E-state index contributed by atoms with van der Waals surface area (Å²) in [6.45, 7) is -0.449. The van der Waals surface area contributed by atoms with E-state index in [9.17, 15) is 35.9 Å². The number of carbonyl (C=O) groups is 2. The monoisotopic (exact) mass is 504 g/mol. The van der Waals surface area contributed by atoms with Crippen molar-refractivity contribution in [3.63, 3.8) is 0 Å². The Morgan fingerprint density at radius 3 is 2.63 bits per heavy atom. The summed E-state index contributed by atoms with van der Waals surface area (Å²) in [5.74, 6) is -5.12. The van der Waals surface area contributed by atoms with Gasteiger partial charge in [-0.3, -0.25) is 9.59 Å². The van der Waals surface area contributed by atoms with E-state index in [1.807, 2.05) is 0 Å². The average molecular weight is 504 g/mol. The number of aldehydes is 1. The van der Waals surface area contributed by atoms with E-state index in [2.05, 4.69) is 4.98 Å². The molecule has 0 spiro atoms. The number of ether oxygens (including phenoxy) is 1. The minimum absolute atomic E-state index is 0.0349. The summed E-state index contributed by atoms with van der Waals surface area (Å²) in [6.07, 6.45) is -4.27. The first-order valence-electron chi connectivity index (χ1n) is 10.9. The normalized spacial score (nSPS) is 25.3. The predicted octanol–water partition coefficient (Wildman–Crippen LogP) is 3.36. The molecule has 4 unspecified atom stereocenters. The molecule has 0 radical (unpaired) electrons. The first-order valence-corrected chi connectivity index (χ1v) is 10.9. The van der Waals surface area contributed by atoms with Gasteiger partial charge in [0.1, 0.15) is 17.6 Å². The lowest BCUT2D eigenvalue weighted by Crippen LogP contribution is -2.42. The fraction of sp³-hybridized carbons (Fsp3) is 0.500. The van der Waals surface area contributed by atoms with Crippen molar-refractivity contribution in [2.24, 2.45) is 11.7 Å². The van der Waals surface area contributed by atoms with Crippen molar-refractivity contribution in [1.82, 2.24) is 14.5 Å². The van der Waals surface area contributed by atoms with Gasteiger partial charge in [-0.25, -0.2) is 18.2 Å². The number of allylic oxidation sites excluding steroid dienone is 4. The molecule has 190 valence electrons. The van der Waals surface area contributed by atoms with Gasteiger partial charge in [-0.1, -0.05) is 0 Å². The molecule has 2 aliphatic heterocycles. The van der Waals surface area contributed by atoms with Crippen LogP contribution >= 0.6 is 0 Å². The van der Waals surface area contributed by atoms with E-state index in [0.29, 0.717) is 12.4 Å². The first kappa shape index (κ1) is 25.0. The third-order valence-corrected chi connectivity index (χ3v) is 6.13.